The van der Waals surface area contributed by atoms with E-state index in [2.05, 4.69) is 17.9 Å². The predicted molar refractivity (Wildman–Crippen MR) is 70.1 cm³/mol. The van der Waals surface area contributed by atoms with Crippen LogP contribution in [0.5, 0.6) is 0 Å². The SMILES string of the molecule is CC(C)=C=CN1C(=O)OC[C@H]1Cc1ccccc1. The molecule has 0 bridgehead atoms. The minimum atomic E-state index is -0.287. The van der Waals surface area contributed by atoms with Gasteiger partial charge in [-0.05, 0) is 31.4 Å². The first kappa shape index (κ1) is 12.5. The largest absolute Gasteiger partial charge is 0.447 e. The summed E-state index contributed by atoms with van der Waals surface area (Å²) in [6.45, 7) is 4.34. The van der Waals surface area contributed by atoms with Crippen molar-refractivity contribution < 1.29 is 9.53 Å². The van der Waals surface area contributed by atoms with Crippen LogP contribution < -0.4 is 0 Å². The van der Waals surface area contributed by atoms with Gasteiger partial charge in [-0.25, -0.2) is 4.79 Å². The zero-order valence-corrected chi connectivity index (χ0v) is 10.7. The Morgan fingerprint density at radius 2 is 2.17 bits per heavy atom. The maximum atomic E-state index is 11.6. The highest BCUT2D eigenvalue weighted by molar-refractivity contribution is 5.71. The number of carbonyl (C=O) groups is 1. The molecule has 0 unspecified atom stereocenters. The molecule has 1 fully saturated rings. The maximum Gasteiger partial charge on any atom is 0.414 e. The molecule has 1 amide bonds. The molecule has 3 nitrogen and oxygen atoms in total. The Kier molecular flexibility index (Phi) is 3.85. The zero-order chi connectivity index (χ0) is 13.0. The van der Waals surface area contributed by atoms with Crippen LogP contribution in [0.25, 0.3) is 0 Å². The van der Waals surface area contributed by atoms with Crippen molar-refractivity contribution >= 4 is 6.09 Å². The van der Waals surface area contributed by atoms with Crippen molar-refractivity contribution in [2.24, 2.45) is 0 Å². The molecule has 94 valence electrons. The van der Waals surface area contributed by atoms with Crippen LogP contribution >= 0.6 is 0 Å². The molecule has 0 N–H and O–H groups in total. The van der Waals surface area contributed by atoms with Gasteiger partial charge in [-0.1, -0.05) is 30.3 Å². The van der Waals surface area contributed by atoms with Crippen molar-refractivity contribution in [1.82, 2.24) is 4.90 Å². The number of hydrogen-bond donors (Lipinski definition) is 0. The van der Waals surface area contributed by atoms with Gasteiger partial charge < -0.3 is 4.74 Å². The van der Waals surface area contributed by atoms with Gasteiger partial charge in [0.25, 0.3) is 0 Å². The van der Waals surface area contributed by atoms with E-state index >= 15 is 0 Å². The van der Waals surface area contributed by atoms with Gasteiger partial charge >= 0.3 is 6.09 Å². The molecule has 1 aromatic carbocycles. The van der Waals surface area contributed by atoms with E-state index in [0.717, 1.165) is 12.0 Å². The minimum Gasteiger partial charge on any atom is -0.447 e. The Hall–Kier alpha value is -1.99. The molecule has 1 saturated heterocycles. The van der Waals surface area contributed by atoms with Crippen molar-refractivity contribution in [1.29, 1.82) is 0 Å². The number of hydrogen-bond acceptors (Lipinski definition) is 2. The zero-order valence-electron chi connectivity index (χ0n) is 10.7. The fourth-order valence-electron chi connectivity index (χ4n) is 1.87. The van der Waals surface area contributed by atoms with Crippen molar-refractivity contribution in [3.05, 3.63) is 53.4 Å². The Bertz CT molecular complexity index is 482. The van der Waals surface area contributed by atoms with Gasteiger partial charge in [-0.15, -0.1) is 5.73 Å². The molecule has 1 aliphatic rings. The Labute approximate surface area is 107 Å². The Morgan fingerprint density at radius 1 is 1.44 bits per heavy atom. The van der Waals surface area contributed by atoms with E-state index < -0.39 is 0 Å². The van der Waals surface area contributed by atoms with E-state index in [1.807, 2.05) is 32.0 Å². The van der Waals surface area contributed by atoms with Crippen LogP contribution in [0.1, 0.15) is 19.4 Å². The van der Waals surface area contributed by atoms with E-state index in [1.165, 1.54) is 5.56 Å². The lowest BCUT2D eigenvalue weighted by molar-refractivity contribution is 0.166. The molecule has 0 saturated carbocycles. The average molecular weight is 243 g/mol. The number of benzene rings is 1. The first-order valence-corrected chi connectivity index (χ1v) is 6.06. The smallest absolute Gasteiger partial charge is 0.414 e. The van der Waals surface area contributed by atoms with Crippen LogP contribution in [0.4, 0.5) is 4.79 Å². The van der Waals surface area contributed by atoms with Gasteiger partial charge in [0.05, 0.1) is 12.2 Å². The monoisotopic (exact) mass is 243 g/mol. The summed E-state index contributed by atoms with van der Waals surface area (Å²) in [7, 11) is 0. The number of cyclic esters (lactones) is 1. The van der Waals surface area contributed by atoms with E-state index in [9.17, 15) is 4.79 Å². The first-order chi connectivity index (χ1) is 8.66. The second-order valence-corrected chi connectivity index (χ2v) is 4.60. The number of allylic oxidation sites excluding steroid dienone is 1. The Balaban J connectivity index is 2.12. The van der Waals surface area contributed by atoms with Crippen LogP contribution in [0, 0.1) is 0 Å². The average Bonchev–Trinajstić information content (AvgIpc) is 2.69. The fourth-order valence-corrected chi connectivity index (χ4v) is 1.87. The van der Waals surface area contributed by atoms with Crippen LogP contribution in [-0.4, -0.2) is 23.6 Å². The van der Waals surface area contributed by atoms with E-state index in [1.54, 1.807) is 11.1 Å². The second kappa shape index (κ2) is 5.56. The van der Waals surface area contributed by atoms with Gasteiger partial charge in [0, 0.05) is 0 Å². The molecule has 0 aromatic heterocycles. The fraction of sp³-hybridized carbons (Fsp3) is 0.333. The molecule has 1 atom stereocenters. The van der Waals surface area contributed by atoms with Crippen LogP contribution in [-0.2, 0) is 11.2 Å². The molecule has 2 rings (SSSR count). The van der Waals surface area contributed by atoms with E-state index in [4.69, 9.17) is 4.74 Å². The van der Waals surface area contributed by atoms with Crippen molar-refractivity contribution in [3.63, 3.8) is 0 Å². The van der Waals surface area contributed by atoms with E-state index in [0.29, 0.717) is 6.61 Å². The highest BCUT2D eigenvalue weighted by Crippen LogP contribution is 2.17. The van der Waals surface area contributed by atoms with Gasteiger partial charge in [-0.3, -0.25) is 4.90 Å². The molecular formula is C15H17NO2. The summed E-state index contributed by atoms with van der Waals surface area (Å²) in [6.07, 6.45) is 2.20. The predicted octanol–water partition coefficient (Wildman–Crippen LogP) is 3.13. The quantitative estimate of drug-likeness (QED) is 0.763. The van der Waals surface area contributed by atoms with Gasteiger partial charge in [0.1, 0.15) is 6.61 Å². The number of nitrogens with zero attached hydrogens (tertiary/aromatic N) is 1. The van der Waals surface area contributed by atoms with Crippen LogP contribution in [0.2, 0.25) is 0 Å². The molecule has 0 radical (unpaired) electrons. The summed E-state index contributed by atoms with van der Waals surface area (Å²) in [5.74, 6) is 0. The Morgan fingerprint density at radius 3 is 2.83 bits per heavy atom. The van der Waals surface area contributed by atoms with Gasteiger partial charge in [-0.2, -0.15) is 0 Å². The van der Waals surface area contributed by atoms with E-state index in [-0.39, 0.29) is 12.1 Å². The first-order valence-electron chi connectivity index (χ1n) is 6.06. The highest BCUT2D eigenvalue weighted by atomic mass is 16.6. The summed E-state index contributed by atoms with van der Waals surface area (Å²) in [5, 5.41) is 0. The van der Waals surface area contributed by atoms with Crippen LogP contribution in [0.15, 0.2) is 47.8 Å². The topological polar surface area (TPSA) is 29.5 Å². The molecule has 3 heteroatoms. The molecule has 0 spiro atoms. The summed E-state index contributed by atoms with van der Waals surface area (Å²) >= 11 is 0. The van der Waals surface area contributed by atoms with Crippen molar-refractivity contribution in [2.45, 2.75) is 26.3 Å². The number of amides is 1. The van der Waals surface area contributed by atoms with Gasteiger partial charge in [0.2, 0.25) is 0 Å². The lowest BCUT2D eigenvalue weighted by Gasteiger charge is -2.16. The third kappa shape index (κ3) is 3.02. The lowest BCUT2D eigenvalue weighted by Crippen LogP contribution is -2.30. The third-order valence-electron chi connectivity index (χ3n) is 2.81. The summed E-state index contributed by atoms with van der Waals surface area (Å²) in [6, 6.07) is 10.2. The third-order valence-corrected chi connectivity index (χ3v) is 2.81. The number of rotatable bonds is 3. The number of ether oxygens (including phenoxy) is 1. The van der Waals surface area contributed by atoms with Crippen molar-refractivity contribution in [3.8, 4) is 0 Å². The summed E-state index contributed by atoms with van der Waals surface area (Å²) < 4.78 is 5.09. The minimum absolute atomic E-state index is 0.0618. The lowest BCUT2D eigenvalue weighted by atomic mass is 10.1. The van der Waals surface area contributed by atoms with Crippen LogP contribution in [0.3, 0.4) is 0 Å². The summed E-state index contributed by atoms with van der Waals surface area (Å²) in [5.41, 5.74) is 5.29. The molecule has 18 heavy (non-hydrogen) atoms. The molecule has 1 aromatic rings. The highest BCUT2D eigenvalue weighted by Gasteiger charge is 2.31. The molecule has 0 aliphatic carbocycles. The van der Waals surface area contributed by atoms with Gasteiger partial charge in [0.15, 0.2) is 0 Å². The standard InChI is InChI=1S/C15H17NO2/c1-12(2)8-9-16-14(11-18-15(16)17)10-13-6-4-3-5-7-13/h3-7,9,14H,10-11H2,1-2H3/t14-/m1/s1. The molecule has 1 heterocycles. The number of carbonyl (C=O) groups excluding carboxylic acids is 1. The maximum absolute atomic E-state index is 11.6. The normalized spacial score (nSPS) is 18.2. The molecule has 1 aliphatic heterocycles. The summed E-state index contributed by atoms with van der Waals surface area (Å²) in [4.78, 5) is 13.2. The van der Waals surface area contributed by atoms with Crippen molar-refractivity contribution in [2.75, 3.05) is 6.61 Å². The molecular weight excluding hydrogens is 226 g/mol. The second-order valence-electron chi connectivity index (χ2n) is 4.60.